The Hall–Kier alpha value is -2.94. The van der Waals surface area contributed by atoms with Crippen molar-refractivity contribution in [2.45, 2.75) is 20.0 Å². The van der Waals surface area contributed by atoms with E-state index in [1.54, 1.807) is 24.4 Å². The highest BCUT2D eigenvalue weighted by atomic mass is 16.5. The molecule has 0 radical (unpaired) electrons. The van der Waals surface area contributed by atoms with E-state index in [-0.39, 0.29) is 11.9 Å². The van der Waals surface area contributed by atoms with Crippen molar-refractivity contribution in [3.05, 3.63) is 78.0 Å². The summed E-state index contributed by atoms with van der Waals surface area (Å²) in [6.07, 6.45) is 5.31. The molecule has 0 aliphatic rings. The van der Waals surface area contributed by atoms with E-state index in [1.165, 1.54) is 0 Å². The third-order valence-corrected chi connectivity index (χ3v) is 3.56. The van der Waals surface area contributed by atoms with Crippen LogP contribution in [0.2, 0.25) is 0 Å². The quantitative estimate of drug-likeness (QED) is 0.495. The number of aromatic nitrogens is 1. The zero-order valence-corrected chi connectivity index (χ0v) is 13.8. The minimum absolute atomic E-state index is 0.0302. The molecular formula is C21H19NO2. The van der Waals surface area contributed by atoms with E-state index in [9.17, 15) is 4.79 Å². The number of carbonyl (C=O) groups excluding carboxylic acids is 1. The first-order valence-corrected chi connectivity index (χ1v) is 7.96. The van der Waals surface area contributed by atoms with Gasteiger partial charge >= 0.3 is 0 Å². The lowest BCUT2D eigenvalue weighted by molar-refractivity contribution is 0.104. The van der Waals surface area contributed by atoms with Crippen molar-refractivity contribution in [3.63, 3.8) is 0 Å². The number of hydrogen-bond donors (Lipinski definition) is 0. The molecule has 3 rings (SSSR count). The van der Waals surface area contributed by atoms with Crippen molar-refractivity contribution in [1.29, 1.82) is 0 Å². The van der Waals surface area contributed by atoms with Gasteiger partial charge in [-0.15, -0.1) is 0 Å². The van der Waals surface area contributed by atoms with Crippen molar-refractivity contribution < 1.29 is 9.53 Å². The maximum Gasteiger partial charge on any atom is 0.185 e. The second-order valence-corrected chi connectivity index (χ2v) is 5.84. The molecule has 1 aromatic heterocycles. The fourth-order valence-electron chi connectivity index (χ4n) is 2.44. The molecule has 0 bridgehead atoms. The topological polar surface area (TPSA) is 39.2 Å². The van der Waals surface area contributed by atoms with Crippen LogP contribution in [0.5, 0.6) is 5.75 Å². The Labute approximate surface area is 141 Å². The van der Waals surface area contributed by atoms with Crippen LogP contribution in [0.25, 0.3) is 17.0 Å². The summed E-state index contributed by atoms with van der Waals surface area (Å²) in [5.74, 6) is 0.741. The lowest BCUT2D eigenvalue weighted by Gasteiger charge is -2.09. The molecule has 0 amide bonds. The molecule has 2 aromatic carbocycles. The molecule has 24 heavy (non-hydrogen) atoms. The average molecular weight is 317 g/mol. The predicted molar refractivity (Wildman–Crippen MR) is 97.3 cm³/mol. The molecule has 3 aromatic rings. The Morgan fingerprint density at radius 1 is 1.08 bits per heavy atom. The minimum atomic E-state index is -0.0302. The molecule has 0 unspecified atom stereocenters. The standard InChI is InChI=1S/C21H19NO2/c1-15(2)24-19-9-7-17(8-10-19)21(23)12-6-16-5-11-20-18(14-16)4-3-13-22-20/h3-15H,1-2H3/b12-6+. The molecule has 3 heteroatoms. The minimum Gasteiger partial charge on any atom is -0.491 e. The van der Waals surface area contributed by atoms with Crippen LogP contribution in [0, 0.1) is 0 Å². The van der Waals surface area contributed by atoms with Crippen LogP contribution in [0.1, 0.15) is 29.8 Å². The van der Waals surface area contributed by atoms with Gasteiger partial charge in [0.1, 0.15) is 5.75 Å². The van der Waals surface area contributed by atoms with Gasteiger partial charge in [-0.1, -0.05) is 18.2 Å². The Kier molecular flexibility index (Phi) is 4.71. The summed E-state index contributed by atoms with van der Waals surface area (Å²) < 4.78 is 5.58. The van der Waals surface area contributed by atoms with Crippen molar-refractivity contribution in [1.82, 2.24) is 4.98 Å². The van der Waals surface area contributed by atoms with E-state index in [2.05, 4.69) is 4.98 Å². The highest BCUT2D eigenvalue weighted by Crippen LogP contribution is 2.16. The number of hydrogen-bond acceptors (Lipinski definition) is 3. The van der Waals surface area contributed by atoms with Gasteiger partial charge in [-0.3, -0.25) is 9.78 Å². The fraction of sp³-hybridized carbons (Fsp3) is 0.143. The lowest BCUT2D eigenvalue weighted by Crippen LogP contribution is -2.05. The van der Waals surface area contributed by atoms with Crippen LogP contribution in [0.4, 0.5) is 0 Å². The molecule has 0 saturated carbocycles. The molecule has 0 spiro atoms. The monoisotopic (exact) mass is 317 g/mol. The van der Waals surface area contributed by atoms with Gasteiger partial charge in [0.2, 0.25) is 0 Å². The predicted octanol–water partition coefficient (Wildman–Crippen LogP) is 4.92. The van der Waals surface area contributed by atoms with E-state index >= 15 is 0 Å². The number of ketones is 1. The zero-order chi connectivity index (χ0) is 16.9. The Morgan fingerprint density at radius 2 is 1.88 bits per heavy atom. The van der Waals surface area contributed by atoms with Gasteiger partial charge in [-0.2, -0.15) is 0 Å². The summed E-state index contributed by atoms with van der Waals surface area (Å²) in [7, 11) is 0. The highest BCUT2D eigenvalue weighted by molar-refractivity contribution is 6.07. The summed E-state index contributed by atoms with van der Waals surface area (Å²) in [5.41, 5.74) is 2.56. The first-order chi connectivity index (χ1) is 11.6. The molecular weight excluding hydrogens is 298 g/mol. The van der Waals surface area contributed by atoms with Crippen molar-refractivity contribution >= 4 is 22.8 Å². The number of ether oxygens (including phenoxy) is 1. The number of pyridine rings is 1. The summed E-state index contributed by atoms with van der Waals surface area (Å²) >= 11 is 0. The molecule has 0 aliphatic carbocycles. The van der Waals surface area contributed by atoms with Crippen LogP contribution in [-0.4, -0.2) is 16.9 Å². The van der Waals surface area contributed by atoms with Crippen LogP contribution in [0.15, 0.2) is 66.9 Å². The smallest absolute Gasteiger partial charge is 0.185 e. The summed E-state index contributed by atoms with van der Waals surface area (Å²) in [4.78, 5) is 16.6. The first kappa shape index (κ1) is 15.9. The number of fused-ring (bicyclic) bond motifs is 1. The van der Waals surface area contributed by atoms with E-state index in [4.69, 9.17) is 4.74 Å². The van der Waals surface area contributed by atoms with Gasteiger partial charge < -0.3 is 4.74 Å². The second kappa shape index (κ2) is 7.09. The molecule has 3 nitrogen and oxygen atoms in total. The number of nitrogens with zero attached hydrogens (tertiary/aromatic N) is 1. The third kappa shape index (κ3) is 3.87. The summed E-state index contributed by atoms with van der Waals surface area (Å²) in [5, 5.41) is 1.06. The number of carbonyl (C=O) groups is 1. The fourth-order valence-corrected chi connectivity index (χ4v) is 2.44. The maximum absolute atomic E-state index is 12.3. The maximum atomic E-state index is 12.3. The number of rotatable bonds is 5. The van der Waals surface area contributed by atoms with Gasteiger partial charge in [0.25, 0.3) is 0 Å². The van der Waals surface area contributed by atoms with E-state index in [1.807, 2.05) is 62.4 Å². The second-order valence-electron chi connectivity index (χ2n) is 5.84. The van der Waals surface area contributed by atoms with Gasteiger partial charge in [0.05, 0.1) is 11.6 Å². The highest BCUT2D eigenvalue weighted by Gasteiger charge is 2.03. The average Bonchev–Trinajstić information content (AvgIpc) is 2.59. The van der Waals surface area contributed by atoms with Crippen LogP contribution < -0.4 is 4.74 Å². The van der Waals surface area contributed by atoms with Gasteiger partial charge in [0, 0.05) is 17.1 Å². The van der Waals surface area contributed by atoms with E-state index < -0.39 is 0 Å². The number of allylic oxidation sites excluding steroid dienone is 1. The molecule has 0 N–H and O–H groups in total. The van der Waals surface area contributed by atoms with Gasteiger partial charge in [-0.25, -0.2) is 0 Å². The molecule has 0 aliphatic heterocycles. The molecule has 0 saturated heterocycles. The first-order valence-electron chi connectivity index (χ1n) is 7.96. The number of benzene rings is 2. The van der Waals surface area contributed by atoms with Crippen LogP contribution in [-0.2, 0) is 0 Å². The van der Waals surface area contributed by atoms with Gasteiger partial charge in [0.15, 0.2) is 5.78 Å². The van der Waals surface area contributed by atoms with Crippen LogP contribution >= 0.6 is 0 Å². The Bertz CT molecular complexity index is 880. The Balaban J connectivity index is 1.74. The van der Waals surface area contributed by atoms with Crippen LogP contribution in [0.3, 0.4) is 0 Å². The SMILES string of the molecule is CC(C)Oc1ccc(C(=O)/C=C/c2ccc3ncccc3c2)cc1. The third-order valence-electron chi connectivity index (χ3n) is 3.56. The summed E-state index contributed by atoms with van der Waals surface area (Å²) in [6, 6.07) is 17.1. The molecule has 0 fully saturated rings. The largest absolute Gasteiger partial charge is 0.491 e. The molecule has 120 valence electrons. The van der Waals surface area contributed by atoms with E-state index in [0.29, 0.717) is 5.56 Å². The molecule has 1 heterocycles. The Morgan fingerprint density at radius 3 is 2.62 bits per heavy atom. The lowest BCUT2D eigenvalue weighted by atomic mass is 10.1. The summed E-state index contributed by atoms with van der Waals surface area (Å²) in [6.45, 7) is 3.95. The van der Waals surface area contributed by atoms with Gasteiger partial charge in [-0.05, 0) is 68.0 Å². The van der Waals surface area contributed by atoms with Crippen molar-refractivity contribution in [2.75, 3.05) is 0 Å². The van der Waals surface area contributed by atoms with Crippen molar-refractivity contribution in [3.8, 4) is 5.75 Å². The normalized spacial score (nSPS) is 11.3. The van der Waals surface area contributed by atoms with Crippen molar-refractivity contribution in [2.24, 2.45) is 0 Å². The van der Waals surface area contributed by atoms with E-state index in [0.717, 1.165) is 22.2 Å². The molecule has 0 atom stereocenters. The zero-order valence-electron chi connectivity index (χ0n) is 13.8.